The van der Waals surface area contributed by atoms with Gasteiger partial charge in [0.25, 0.3) is 0 Å². The molecular formula is C21H28N10O7P2. The quantitative estimate of drug-likeness (QED) is 0.220. The fraction of sp³-hybridized carbons (Fsp3) is 0.524. The fourth-order valence-electron chi connectivity index (χ4n) is 5.14. The molecule has 5 N–H and O–H groups in total. The number of nitrogen functional groups attached to an aromatic ring is 2. The van der Waals surface area contributed by atoms with Crippen LogP contribution in [-0.2, 0) is 27.7 Å². The number of hydrogen-bond acceptors (Lipinski definition) is 14. The SMILES string of the molecule is Nc1ncnc2c1ncn2[C@H]1C[C@H](C[PH](=O)OC[C@@H]2CC[C@H](n3cnc4c(N)ncnc43)O2)C(CO[PH](=O)O)O1. The summed E-state index contributed by atoms with van der Waals surface area (Å²) < 4.78 is 50.7. The summed E-state index contributed by atoms with van der Waals surface area (Å²) in [6.07, 6.45) is 6.26. The van der Waals surface area contributed by atoms with E-state index in [2.05, 4.69) is 29.9 Å². The Morgan fingerprint density at radius 1 is 0.875 bits per heavy atom. The van der Waals surface area contributed by atoms with E-state index in [-0.39, 0.29) is 43.4 Å². The first kappa shape index (κ1) is 27.1. The van der Waals surface area contributed by atoms with E-state index in [1.54, 1.807) is 17.2 Å². The number of ether oxygens (including phenoxy) is 2. The molecule has 6 heterocycles. The summed E-state index contributed by atoms with van der Waals surface area (Å²) in [5, 5.41) is 0. The van der Waals surface area contributed by atoms with Crippen LogP contribution in [0.25, 0.3) is 22.3 Å². The minimum Gasteiger partial charge on any atom is -0.382 e. The number of nitrogens with zero attached hydrogens (tertiary/aromatic N) is 8. The maximum Gasteiger partial charge on any atom is 0.316 e. The third-order valence-corrected chi connectivity index (χ3v) is 8.83. The number of aromatic nitrogens is 8. The van der Waals surface area contributed by atoms with Crippen LogP contribution < -0.4 is 11.5 Å². The second kappa shape index (κ2) is 11.4. The van der Waals surface area contributed by atoms with Crippen LogP contribution in [0.1, 0.15) is 31.7 Å². The summed E-state index contributed by atoms with van der Waals surface area (Å²) in [6, 6.07) is 0. The van der Waals surface area contributed by atoms with Gasteiger partial charge in [-0.2, -0.15) is 0 Å². The molecule has 19 heteroatoms. The van der Waals surface area contributed by atoms with Crippen molar-refractivity contribution in [2.24, 2.45) is 5.92 Å². The monoisotopic (exact) mass is 594 g/mol. The van der Waals surface area contributed by atoms with Gasteiger partial charge in [0.05, 0.1) is 38.1 Å². The first-order valence-corrected chi connectivity index (χ1v) is 15.3. The Morgan fingerprint density at radius 3 is 2.17 bits per heavy atom. The zero-order valence-corrected chi connectivity index (χ0v) is 23.1. The van der Waals surface area contributed by atoms with Crippen molar-refractivity contribution < 1.29 is 32.5 Å². The highest BCUT2D eigenvalue weighted by molar-refractivity contribution is 7.39. The highest BCUT2D eigenvalue weighted by atomic mass is 31.1. The van der Waals surface area contributed by atoms with Crippen LogP contribution in [0, 0.1) is 5.92 Å². The van der Waals surface area contributed by atoms with E-state index < -0.39 is 28.6 Å². The highest BCUT2D eigenvalue weighted by Gasteiger charge is 2.39. The van der Waals surface area contributed by atoms with Crippen LogP contribution in [0.4, 0.5) is 11.6 Å². The van der Waals surface area contributed by atoms with Gasteiger partial charge < -0.3 is 34.9 Å². The molecule has 0 radical (unpaired) electrons. The molecule has 17 nitrogen and oxygen atoms in total. The molecule has 0 amide bonds. The van der Waals surface area contributed by atoms with Crippen molar-refractivity contribution in [2.45, 2.75) is 43.9 Å². The third-order valence-electron chi connectivity index (χ3n) is 7.07. The third kappa shape index (κ3) is 5.46. The number of rotatable bonds is 10. The van der Waals surface area contributed by atoms with Crippen molar-refractivity contribution in [1.29, 1.82) is 0 Å². The maximum atomic E-state index is 13.0. The Kier molecular flexibility index (Phi) is 7.77. The molecule has 4 aromatic heterocycles. The van der Waals surface area contributed by atoms with E-state index in [0.29, 0.717) is 47.4 Å². The van der Waals surface area contributed by atoms with Crippen molar-refractivity contribution in [3.8, 4) is 0 Å². The predicted molar refractivity (Wildman–Crippen MR) is 142 cm³/mol. The Balaban J connectivity index is 1.07. The Labute approximate surface area is 228 Å². The molecular weight excluding hydrogens is 566 g/mol. The summed E-state index contributed by atoms with van der Waals surface area (Å²) in [7, 11) is -5.67. The second-order valence-corrected chi connectivity index (χ2v) is 11.8. The van der Waals surface area contributed by atoms with Gasteiger partial charge in [0, 0.05) is 12.1 Å². The Bertz CT molecular complexity index is 1570. The molecule has 0 bridgehead atoms. The summed E-state index contributed by atoms with van der Waals surface area (Å²) in [4.78, 5) is 34.1. The van der Waals surface area contributed by atoms with Crippen molar-refractivity contribution in [1.82, 2.24) is 39.0 Å². The molecule has 40 heavy (non-hydrogen) atoms. The first-order chi connectivity index (χ1) is 19.4. The zero-order valence-electron chi connectivity index (χ0n) is 21.1. The van der Waals surface area contributed by atoms with Crippen LogP contribution in [0.15, 0.2) is 25.3 Å². The van der Waals surface area contributed by atoms with Crippen LogP contribution in [0.5, 0.6) is 0 Å². The van der Waals surface area contributed by atoms with Crippen LogP contribution >= 0.6 is 16.3 Å². The number of hydrogen-bond donors (Lipinski definition) is 3. The van der Waals surface area contributed by atoms with Gasteiger partial charge in [-0.05, 0) is 19.3 Å². The molecule has 2 aliphatic rings. The first-order valence-electron chi connectivity index (χ1n) is 12.6. The van der Waals surface area contributed by atoms with Crippen LogP contribution in [0.2, 0.25) is 0 Å². The largest absolute Gasteiger partial charge is 0.382 e. The van der Waals surface area contributed by atoms with E-state index in [4.69, 9.17) is 30.0 Å². The van der Waals surface area contributed by atoms with Gasteiger partial charge in [0.15, 0.2) is 31.0 Å². The normalized spacial score (nSPS) is 26.6. The summed E-state index contributed by atoms with van der Waals surface area (Å²) in [6.45, 7) is 0.0254. The average molecular weight is 594 g/mol. The molecule has 0 aliphatic carbocycles. The Hall–Kier alpha value is -3.04. The molecule has 214 valence electrons. The highest BCUT2D eigenvalue weighted by Crippen LogP contribution is 2.42. The molecule has 7 atom stereocenters. The number of anilines is 2. The van der Waals surface area contributed by atoms with Crippen molar-refractivity contribution in [2.75, 3.05) is 30.8 Å². The van der Waals surface area contributed by atoms with Gasteiger partial charge in [0.2, 0.25) is 0 Å². The maximum absolute atomic E-state index is 13.0. The van der Waals surface area contributed by atoms with E-state index >= 15 is 0 Å². The summed E-state index contributed by atoms with van der Waals surface area (Å²) >= 11 is 0. The molecule has 2 saturated heterocycles. The van der Waals surface area contributed by atoms with E-state index in [1.807, 2.05) is 4.57 Å². The van der Waals surface area contributed by atoms with Gasteiger partial charge in [-0.25, -0.2) is 29.9 Å². The number of imidazole rings is 2. The minimum atomic E-state index is -3.17. The molecule has 0 spiro atoms. The summed E-state index contributed by atoms with van der Waals surface area (Å²) in [5.41, 5.74) is 13.8. The smallest absolute Gasteiger partial charge is 0.316 e. The average Bonchev–Trinajstić information content (AvgIpc) is 3.72. The molecule has 6 rings (SSSR count). The van der Waals surface area contributed by atoms with Gasteiger partial charge in [0.1, 0.15) is 36.1 Å². The molecule has 0 saturated carbocycles. The van der Waals surface area contributed by atoms with E-state index in [9.17, 15) is 14.0 Å². The fourth-order valence-corrected chi connectivity index (χ4v) is 6.79. The van der Waals surface area contributed by atoms with Crippen molar-refractivity contribution >= 4 is 50.2 Å². The lowest BCUT2D eigenvalue weighted by atomic mass is 10.0. The summed E-state index contributed by atoms with van der Waals surface area (Å²) in [5.74, 6) is 0.270. The molecule has 2 aliphatic heterocycles. The van der Waals surface area contributed by atoms with Crippen LogP contribution in [0.3, 0.4) is 0 Å². The standard InChI is InChI=1S/C21H28N10O7P2/c22-18-16-20(26-7-24-18)30(9-28-16)14-2-1-12(37-14)4-35-39(32)6-11-3-15(38-13(11)5-36-40(33)34)31-10-29-17-19(23)25-8-27-21(17)31/h7-15,39-40H,1-6H2,(H,33,34)(H2,22,24,26)(H2,23,25,27)/t11-,12+,13?,14-,15-/m1/s1. The van der Waals surface area contributed by atoms with Gasteiger partial charge in [-0.1, -0.05) is 0 Å². The van der Waals surface area contributed by atoms with Gasteiger partial charge >= 0.3 is 8.25 Å². The predicted octanol–water partition coefficient (Wildman–Crippen LogP) is 1.30. The second-order valence-electron chi connectivity index (χ2n) is 9.55. The number of nitrogens with two attached hydrogens (primary N) is 2. The molecule has 2 fully saturated rings. The Morgan fingerprint density at radius 2 is 1.52 bits per heavy atom. The lowest BCUT2D eigenvalue weighted by Crippen LogP contribution is -2.23. The molecule has 3 unspecified atom stereocenters. The van der Waals surface area contributed by atoms with E-state index in [1.165, 1.54) is 12.7 Å². The van der Waals surface area contributed by atoms with Gasteiger partial charge in [-0.3, -0.25) is 18.3 Å². The zero-order chi connectivity index (χ0) is 27.8. The lowest BCUT2D eigenvalue weighted by Gasteiger charge is -2.18. The molecule has 0 aromatic carbocycles. The number of fused-ring (bicyclic) bond motifs is 2. The lowest BCUT2D eigenvalue weighted by molar-refractivity contribution is -0.0234. The van der Waals surface area contributed by atoms with Crippen molar-refractivity contribution in [3.05, 3.63) is 25.3 Å². The van der Waals surface area contributed by atoms with Crippen LogP contribution in [-0.4, -0.2) is 75.5 Å². The topological polar surface area (TPSA) is 231 Å². The minimum absolute atomic E-state index is 0.130. The molecule has 4 aromatic rings. The van der Waals surface area contributed by atoms with Gasteiger partial charge in [-0.15, -0.1) is 0 Å². The van der Waals surface area contributed by atoms with E-state index in [0.717, 1.165) is 0 Å². The van der Waals surface area contributed by atoms with Crippen molar-refractivity contribution in [3.63, 3.8) is 0 Å².